The highest BCUT2D eigenvalue weighted by Crippen LogP contribution is 2.25. The zero-order valence-corrected chi connectivity index (χ0v) is 12.1. The summed E-state index contributed by atoms with van der Waals surface area (Å²) in [5, 5.41) is 5.41. The monoisotopic (exact) mass is 285 g/mol. The molecule has 1 heterocycles. The minimum absolute atomic E-state index is 0.769. The van der Waals surface area contributed by atoms with Crippen LogP contribution in [0, 0.1) is 6.92 Å². The van der Waals surface area contributed by atoms with Crippen LogP contribution in [0.4, 0.5) is 0 Å². The van der Waals surface area contributed by atoms with Crippen molar-refractivity contribution >= 4 is 22.6 Å². The van der Waals surface area contributed by atoms with Gasteiger partial charge in [0.2, 0.25) is 0 Å². The van der Waals surface area contributed by atoms with E-state index in [1.807, 2.05) is 49.4 Å². The van der Waals surface area contributed by atoms with Crippen LogP contribution in [0.5, 0.6) is 0 Å². The van der Waals surface area contributed by atoms with E-state index in [0.717, 1.165) is 29.5 Å². The summed E-state index contributed by atoms with van der Waals surface area (Å²) in [5.74, 6) is 0.981. The van der Waals surface area contributed by atoms with Gasteiger partial charge >= 0.3 is 0 Å². The quantitative estimate of drug-likeness (QED) is 0.752. The summed E-state index contributed by atoms with van der Waals surface area (Å²) in [6.07, 6.45) is 0. The Morgan fingerprint density at radius 1 is 1.00 bits per heavy atom. The van der Waals surface area contributed by atoms with Crippen molar-refractivity contribution in [2.75, 3.05) is 0 Å². The number of aryl methyl sites for hydroxylation is 1. The van der Waals surface area contributed by atoms with Crippen LogP contribution in [0.15, 0.2) is 52.9 Å². The van der Waals surface area contributed by atoms with Gasteiger partial charge in [-0.1, -0.05) is 41.9 Å². The molecular weight excluding hydrogens is 270 g/mol. The molecular formula is C17H16ClNO. The van der Waals surface area contributed by atoms with Crippen molar-refractivity contribution < 1.29 is 4.42 Å². The van der Waals surface area contributed by atoms with Gasteiger partial charge in [0.15, 0.2) is 0 Å². The Hall–Kier alpha value is -1.77. The van der Waals surface area contributed by atoms with Gasteiger partial charge in [0.25, 0.3) is 0 Å². The molecule has 0 atom stereocenters. The third kappa shape index (κ3) is 2.72. The Kier molecular flexibility index (Phi) is 3.77. The third-order valence-electron chi connectivity index (χ3n) is 3.44. The molecule has 0 spiro atoms. The van der Waals surface area contributed by atoms with Gasteiger partial charge in [0.05, 0.1) is 0 Å². The minimum atomic E-state index is 0.769. The second kappa shape index (κ2) is 5.70. The van der Waals surface area contributed by atoms with E-state index in [-0.39, 0.29) is 0 Å². The lowest BCUT2D eigenvalue weighted by atomic mass is 10.1. The first kappa shape index (κ1) is 13.2. The molecule has 0 bridgehead atoms. The van der Waals surface area contributed by atoms with Gasteiger partial charge < -0.3 is 9.73 Å². The first-order chi connectivity index (χ1) is 9.74. The maximum absolute atomic E-state index is 5.88. The molecule has 0 aliphatic carbocycles. The molecule has 3 aromatic rings. The molecule has 0 amide bonds. The summed E-state index contributed by atoms with van der Waals surface area (Å²) >= 11 is 5.88. The highest BCUT2D eigenvalue weighted by molar-refractivity contribution is 6.30. The van der Waals surface area contributed by atoms with Gasteiger partial charge in [-0.25, -0.2) is 0 Å². The van der Waals surface area contributed by atoms with E-state index in [4.69, 9.17) is 16.0 Å². The van der Waals surface area contributed by atoms with E-state index in [0.29, 0.717) is 0 Å². The zero-order chi connectivity index (χ0) is 13.9. The molecule has 3 rings (SSSR count). The van der Waals surface area contributed by atoms with Crippen molar-refractivity contribution in [3.8, 4) is 0 Å². The van der Waals surface area contributed by atoms with Crippen molar-refractivity contribution in [2.45, 2.75) is 20.0 Å². The number of halogens is 1. The summed E-state index contributed by atoms with van der Waals surface area (Å²) in [6.45, 7) is 3.63. The van der Waals surface area contributed by atoms with E-state index in [2.05, 4.69) is 11.4 Å². The average molecular weight is 286 g/mol. The van der Waals surface area contributed by atoms with Crippen molar-refractivity contribution in [1.29, 1.82) is 0 Å². The van der Waals surface area contributed by atoms with Gasteiger partial charge in [-0.15, -0.1) is 0 Å². The number of nitrogens with one attached hydrogen (secondary N) is 1. The van der Waals surface area contributed by atoms with Crippen LogP contribution in [0.3, 0.4) is 0 Å². The second-order valence-electron chi connectivity index (χ2n) is 4.86. The molecule has 102 valence electrons. The summed E-state index contributed by atoms with van der Waals surface area (Å²) in [5.41, 5.74) is 3.41. The van der Waals surface area contributed by atoms with Crippen molar-refractivity contribution in [3.05, 3.63) is 70.4 Å². The molecule has 2 aromatic carbocycles. The minimum Gasteiger partial charge on any atom is -0.461 e. The first-order valence-electron chi connectivity index (χ1n) is 6.66. The molecule has 0 unspecified atom stereocenters. The molecule has 0 saturated heterocycles. The van der Waals surface area contributed by atoms with Crippen molar-refractivity contribution in [2.24, 2.45) is 0 Å². The van der Waals surface area contributed by atoms with Crippen LogP contribution in [0.2, 0.25) is 5.02 Å². The fourth-order valence-electron chi connectivity index (χ4n) is 2.37. The molecule has 1 aromatic heterocycles. The number of hydrogen-bond donors (Lipinski definition) is 1. The molecule has 0 aliphatic heterocycles. The van der Waals surface area contributed by atoms with Crippen molar-refractivity contribution in [1.82, 2.24) is 5.32 Å². The number of benzene rings is 2. The van der Waals surface area contributed by atoms with Gasteiger partial charge in [-0.05, 0) is 30.7 Å². The van der Waals surface area contributed by atoms with Crippen LogP contribution in [-0.4, -0.2) is 0 Å². The largest absolute Gasteiger partial charge is 0.461 e. The third-order valence-corrected chi connectivity index (χ3v) is 3.70. The van der Waals surface area contributed by atoms with Crippen LogP contribution in [-0.2, 0) is 13.1 Å². The molecule has 1 N–H and O–H groups in total. The summed E-state index contributed by atoms with van der Waals surface area (Å²) in [6, 6.07) is 16.0. The van der Waals surface area contributed by atoms with E-state index in [1.165, 1.54) is 16.5 Å². The lowest BCUT2D eigenvalue weighted by Crippen LogP contribution is -2.12. The molecule has 0 aliphatic rings. The maximum atomic E-state index is 5.88. The topological polar surface area (TPSA) is 25.2 Å². The summed E-state index contributed by atoms with van der Waals surface area (Å²) in [7, 11) is 0. The SMILES string of the molecule is Cc1oc2ccccc2c1CNCc1ccc(Cl)cc1. The van der Waals surface area contributed by atoms with Gasteiger partial charge in [0.1, 0.15) is 11.3 Å². The Morgan fingerprint density at radius 2 is 1.75 bits per heavy atom. The first-order valence-corrected chi connectivity index (χ1v) is 7.04. The summed E-state index contributed by atoms with van der Waals surface area (Å²) in [4.78, 5) is 0. The number of rotatable bonds is 4. The Balaban J connectivity index is 1.71. The molecule has 20 heavy (non-hydrogen) atoms. The van der Waals surface area contributed by atoms with E-state index < -0.39 is 0 Å². The lowest BCUT2D eigenvalue weighted by Gasteiger charge is -2.05. The highest BCUT2D eigenvalue weighted by atomic mass is 35.5. The number of para-hydroxylation sites is 1. The zero-order valence-electron chi connectivity index (χ0n) is 11.3. The van der Waals surface area contributed by atoms with E-state index in [1.54, 1.807) is 0 Å². The Bertz CT molecular complexity index is 715. The fraction of sp³-hybridized carbons (Fsp3) is 0.176. The molecule has 0 radical (unpaired) electrons. The normalized spacial score (nSPS) is 11.1. The second-order valence-corrected chi connectivity index (χ2v) is 5.30. The highest BCUT2D eigenvalue weighted by Gasteiger charge is 2.09. The predicted molar refractivity (Wildman–Crippen MR) is 82.9 cm³/mol. The molecule has 3 heteroatoms. The molecule has 2 nitrogen and oxygen atoms in total. The predicted octanol–water partition coefficient (Wildman–Crippen LogP) is 4.68. The maximum Gasteiger partial charge on any atom is 0.134 e. The average Bonchev–Trinajstić information content (AvgIpc) is 2.77. The standard InChI is InChI=1S/C17H16ClNO/c1-12-16(15-4-2-3-5-17(15)20-12)11-19-10-13-6-8-14(18)9-7-13/h2-9,19H,10-11H2,1H3. The number of furan rings is 1. The van der Waals surface area contributed by atoms with Gasteiger partial charge in [0, 0.05) is 29.1 Å². The number of hydrogen-bond acceptors (Lipinski definition) is 2. The van der Waals surface area contributed by atoms with Crippen LogP contribution >= 0.6 is 11.6 Å². The lowest BCUT2D eigenvalue weighted by molar-refractivity contribution is 0.565. The molecule has 0 fully saturated rings. The van der Waals surface area contributed by atoms with Crippen molar-refractivity contribution in [3.63, 3.8) is 0 Å². The van der Waals surface area contributed by atoms with E-state index in [9.17, 15) is 0 Å². The van der Waals surface area contributed by atoms with Gasteiger partial charge in [-0.2, -0.15) is 0 Å². The Labute approximate surface area is 123 Å². The van der Waals surface area contributed by atoms with Crippen LogP contribution < -0.4 is 5.32 Å². The van der Waals surface area contributed by atoms with E-state index >= 15 is 0 Å². The van der Waals surface area contributed by atoms with Crippen LogP contribution in [0.1, 0.15) is 16.9 Å². The smallest absolute Gasteiger partial charge is 0.134 e. The fourth-order valence-corrected chi connectivity index (χ4v) is 2.50. The van der Waals surface area contributed by atoms with Gasteiger partial charge in [-0.3, -0.25) is 0 Å². The summed E-state index contributed by atoms with van der Waals surface area (Å²) < 4.78 is 5.76. The Morgan fingerprint density at radius 3 is 2.55 bits per heavy atom. The number of fused-ring (bicyclic) bond motifs is 1. The molecule has 0 saturated carbocycles. The van der Waals surface area contributed by atoms with Crippen LogP contribution in [0.25, 0.3) is 11.0 Å².